The van der Waals surface area contributed by atoms with E-state index in [9.17, 15) is 8.42 Å². The molecule has 0 amide bonds. The van der Waals surface area contributed by atoms with Crippen LogP contribution >= 0.6 is 11.3 Å². The summed E-state index contributed by atoms with van der Waals surface area (Å²) >= 11 is 1.62. The van der Waals surface area contributed by atoms with Crippen molar-refractivity contribution in [2.75, 3.05) is 19.7 Å². The number of hydrogen-bond donors (Lipinski definition) is 0. The van der Waals surface area contributed by atoms with Crippen LogP contribution in [0.3, 0.4) is 0 Å². The molecule has 1 aliphatic heterocycles. The van der Waals surface area contributed by atoms with Gasteiger partial charge < -0.3 is 4.74 Å². The van der Waals surface area contributed by atoms with Crippen molar-refractivity contribution in [3.63, 3.8) is 0 Å². The fourth-order valence-electron chi connectivity index (χ4n) is 3.25. The number of hydrogen-bond acceptors (Lipinski definition) is 6. The van der Waals surface area contributed by atoms with Gasteiger partial charge in [-0.3, -0.25) is 0 Å². The van der Waals surface area contributed by atoms with Gasteiger partial charge in [-0.15, -0.1) is 21.5 Å². The van der Waals surface area contributed by atoms with Crippen molar-refractivity contribution in [2.24, 2.45) is 5.92 Å². The molecule has 3 rings (SSSR count). The molecule has 1 saturated heterocycles. The zero-order valence-corrected chi connectivity index (χ0v) is 17.7. The summed E-state index contributed by atoms with van der Waals surface area (Å²) in [5.41, 5.74) is 0. The van der Waals surface area contributed by atoms with Gasteiger partial charge in [0.05, 0.1) is 11.5 Å². The normalized spacial score (nSPS) is 18.7. The second-order valence-electron chi connectivity index (χ2n) is 7.24. The molecule has 0 aliphatic carbocycles. The molecule has 1 atom stereocenters. The first kappa shape index (κ1) is 20.2. The van der Waals surface area contributed by atoms with Gasteiger partial charge in [0.2, 0.25) is 10.0 Å². The van der Waals surface area contributed by atoms with E-state index in [1.54, 1.807) is 39.9 Å². The van der Waals surface area contributed by atoms with Crippen LogP contribution in [0.2, 0.25) is 0 Å². The summed E-state index contributed by atoms with van der Waals surface area (Å²) in [6.07, 6.45) is 2.70. The van der Waals surface area contributed by atoms with Gasteiger partial charge in [0.25, 0.3) is 0 Å². The van der Waals surface area contributed by atoms with E-state index in [0.29, 0.717) is 36.3 Å². The summed E-state index contributed by atoms with van der Waals surface area (Å²) < 4.78 is 33.1. The van der Waals surface area contributed by atoms with E-state index >= 15 is 0 Å². The van der Waals surface area contributed by atoms with Crippen molar-refractivity contribution >= 4 is 21.4 Å². The lowest BCUT2D eigenvalue weighted by molar-refractivity contribution is 0.314. The number of piperidine rings is 1. The van der Waals surface area contributed by atoms with E-state index in [-0.39, 0.29) is 5.92 Å². The molecule has 0 radical (unpaired) electrons. The van der Waals surface area contributed by atoms with E-state index in [1.807, 2.05) is 6.92 Å². The highest BCUT2D eigenvalue weighted by molar-refractivity contribution is 7.89. The Morgan fingerprint density at radius 3 is 2.67 bits per heavy atom. The fraction of sp³-hybridized carbons (Fsp3) is 0.579. The lowest BCUT2D eigenvalue weighted by Gasteiger charge is -2.30. The van der Waals surface area contributed by atoms with Gasteiger partial charge in [-0.25, -0.2) is 8.42 Å². The Labute approximate surface area is 165 Å². The number of nitrogens with zero attached hydrogens (tertiary/aromatic N) is 3. The van der Waals surface area contributed by atoms with Crippen molar-refractivity contribution in [1.82, 2.24) is 14.5 Å². The van der Waals surface area contributed by atoms with Crippen LogP contribution in [0.4, 0.5) is 0 Å². The highest BCUT2D eigenvalue weighted by Gasteiger charge is 2.32. The molecule has 0 N–H and O–H groups in total. The molecule has 0 saturated carbocycles. The number of rotatable bonds is 7. The van der Waals surface area contributed by atoms with Crippen LogP contribution in [0.1, 0.15) is 49.5 Å². The maximum absolute atomic E-state index is 13.0. The Morgan fingerprint density at radius 2 is 2.00 bits per heavy atom. The Balaban J connectivity index is 1.73. The third-order valence-electron chi connectivity index (χ3n) is 4.57. The van der Waals surface area contributed by atoms with Crippen molar-refractivity contribution in [3.8, 4) is 5.75 Å². The molecular formula is C19H27N3O3S2. The zero-order chi connectivity index (χ0) is 19.4. The number of aromatic nitrogens is 2. The van der Waals surface area contributed by atoms with Gasteiger partial charge >= 0.3 is 0 Å². The highest BCUT2D eigenvalue weighted by Crippen LogP contribution is 2.32. The molecule has 148 valence electrons. The first-order valence-electron chi connectivity index (χ1n) is 9.45. The minimum Gasteiger partial charge on any atom is -0.494 e. The van der Waals surface area contributed by atoms with Gasteiger partial charge in [-0.2, -0.15) is 4.31 Å². The molecular weight excluding hydrogens is 382 g/mol. The molecule has 1 aromatic heterocycles. The van der Waals surface area contributed by atoms with Crippen LogP contribution in [-0.4, -0.2) is 42.6 Å². The monoisotopic (exact) mass is 409 g/mol. The predicted molar refractivity (Wildman–Crippen MR) is 107 cm³/mol. The molecule has 1 aromatic carbocycles. The lowest BCUT2D eigenvalue weighted by Crippen LogP contribution is -2.39. The largest absolute Gasteiger partial charge is 0.494 e. The number of sulfonamides is 1. The Hall–Kier alpha value is -1.51. The van der Waals surface area contributed by atoms with Crippen molar-refractivity contribution in [2.45, 2.75) is 50.8 Å². The molecule has 27 heavy (non-hydrogen) atoms. The quantitative estimate of drug-likeness (QED) is 0.697. The van der Waals surface area contributed by atoms with E-state index in [2.05, 4.69) is 24.0 Å². The average Bonchev–Trinajstić information content (AvgIpc) is 3.10. The molecule has 8 heteroatoms. The summed E-state index contributed by atoms with van der Waals surface area (Å²) in [5, 5.41) is 10.6. The van der Waals surface area contributed by atoms with Crippen LogP contribution in [-0.2, 0) is 16.4 Å². The van der Waals surface area contributed by atoms with Crippen molar-refractivity contribution in [3.05, 3.63) is 34.3 Å². The Kier molecular flexibility index (Phi) is 6.49. The maximum Gasteiger partial charge on any atom is 0.243 e. The standard InChI is InChI=1S/C19H27N3O3S2/c1-4-25-16-7-9-17(10-8-16)27(23,24)22-11-5-6-15(13-22)19-21-20-18(26-19)12-14(2)3/h7-10,14-15H,4-6,11-13H2,1-3H3. The number of benzene rings is 1. The highest BCUT2D eigenvalue weighted by atomic mass is 32.2. The van der Waals surface area contributed by atoms with E-state index < -0.39 is 10.0 Å². The smallest absolute Gasteiger partial charge is 0.243 e. The summed E-state index contributed by atoms with van der Waals surface area (Å²) in [7, 11) is -3.51. The lowest BCUT2D eigenvalue weighted by atomic mass is 10.0. The van der Waals surface area contributed by atoms with Gasteiger partial charge in [-0.05, 0) is 49.9 Å². The summed E-state index contributed by atoms with van der Waals surface area (Å²) in [6, 6.07) is 6.66. The molecule has 0 spiro atoms. The fourth-order valence-corrected chi connectivity index (χ4v) is 5.95. The molecule has 2 heterocycles. The van der Waals surface area contributed by atoms with Crippen LogP contribution in [0, 0.1) is 5.92 Å². The van der Waals surface area contributed by atoms with Crippen LogP contribution < -0.4 is 4.74 Å². The Morgan fingerprint density at radius 1 is 1.26 bits per heavy atom. The average molecular weight is 410 g/mol. The topological polar surface area (TPSA) is 72.4 Å². The molecule has 1 fully saturated rings. The summed E-state index contributed by atoms with van der Waals surface area (Å²) in [5.74, 6) is 1.34. The second-order valence-corrected chi connectivity index (χ2v) is 10.3. The number of ether oxygens (including phenoxy) is 1. The van der Waals surface area contributed by atoms with Gasteiger partial charge in [-0.1, -0.05) is 13.8 Å². The van der Waals surface area contributed by atoms with Gasteiger partial charge in [0, 0.05) is 25.4 Å². The Bertz CT molecular complexity index is 847. The van der Waals surface area contributed by atoms with E-state index in [4.69, 9.17) is 4.74 Å². The van der Waals surface area contributed by atoms with Crippen LogP contribution in [0.5, 0.6) is 5.75 Å². The van der Waals surface area contributed by atoms with Crippen LogP contribution in [0.15, 0.2) is 29.2 Å². The molecule has 6 nitrogen and oxygen atoms in total. The summed E-state index contributed by atoms with van der Waals surface area (Å²) in [4.78, 5) is 0.310. The summed E-state index contributed by atoms with van der Waals surface area (Å²) in [6.45, 7) is 7.79. The first-order valence-corrected chi connectivity index (χ1v) is 11.7. The van der Waals surface area contributed by atoms with Crippen molar-refractivity contribution < 1.29 is 13.2 Å². The predicted octanol–water partition coefficient (Wildman–Crippen LogP) is 3.70. The van der Waals surface area contributed by atoms with Gasteiger partial charge in [0.15, 0.2) is 0 Å². The second kappa shape index (κ2) is 8.67. The molecule has 2 aromatic rings. The maximum atomic E-state index is 13.0. The minimum absolute atomic E-state index is 0.120. The molecule has 0 bridgehead atoms. The minimum atomic E-state index is -3.51. The van der Waals surface area contributed by atoms with Crippen LogP contribution in [0.25, 0.3) is 0 Å². The van der Waals surface area contributed by atoms with Crippen molar-refractivity contribution in [1.29, 1.82) is 0 Å². The third kappa shape index (κ3) is 4.86. The SMILES string of the molecule is CCOc1ccc(S(=O)(=O)N2CCCC(c3nnc(CC(C)C)s3)C2)cc1. The molecule has 1 aliphatic rings. The van der Waals surface area contributed by atoms with E-state index in [1.165, 1.54) is 0 Å². The third-order valence-corrected chi connectivity index (χ3v) is 7.56. The first-order chi connectivity index (χ1) is 12.9. The van der Waals surface area contributed by atoms with Gasteiger partial charge in [0.1, 0.15) is 15.8 Å². The van der Waals surface area contributed by atoms with E-state index in [0.717, 1.165) is 29.3 Å². The molecule has 1 unspecified atom stereocenters. The zero-order valence-electron chi connectivity index (χ0n) is 16.1.